The van der Waals surface area contributed by atoms with Crippen LogP contribution in [0.25, 0.3) is 0 Å². The van der Waals surface area contributed by atoms with E-state index in [1.54, 1.807) is 0 Å². The Morgan fingerprint density at radius 3 is 2.60 bits per heavy atom. The number of likely N-dealkylation sites (tertiary alicyclic amines) is 1. The summed E-state index contributed by atoms with van der Waals surface area (Å²) >= 11 is 0. The first kappa shape index (κ1) is 11.1. The maximum Gasteiger partial charge on any atom is 0.139 e. The van der Waals surface area contributed by atoms with E-state index in [-0.39, 0.29) is 5.54 Å². The summed E-state index contributed by atoms with van der Waals surface area (Å²) in [7, 11) is 0. The first-order valence-electron chi connectivity index (χ1n) is 6.11. The Hall–Kier alpha value is -0.370. The summed E-state index contributed by atoms with van der Waals surface area (Å²) in [5.41, 5.74) is 0.114. The molecule has 15 heavy (non-hydrogen) atoms. The molecule has 0 N–H and O–H groups in total. The second kappa shape index (κ2) is 3.31. The lowest BCUT2D eigenvalue weighted by atomic mass is 9.80. The van der Waals surface area contributed by atoms with Gasteiger partial charge in [-0.2, -0.15) is 0 Å². The van der Waals surface area contributed by atoms with Crippen LogP contribution in [-0.4, -0.2) is 29.3 Å². The molecule has 0 aromatic rings. The normalized spacial score (nSPS) is 35.5. The van der Waals surface area contributed by atoms with Gasteiger partial charge in [0.05, 0.1) is 5.54 Å². The summed E-state index contributed by atoms with van der Waals surface area (Å²) in [4.78, 5) is 13.6. The van der Waals surface area contributed by atoms with Crippen molar-refractivity contribution in [2.75, 3.05) is 6.54 Å². The first-order valence-corrected chi connectivity index (χ1v) is 6.11. The SMILES string of the molecule is CC1(C)CN(C(C)(C)C=O)C2CCCC21. The van der Waals surface area contributed by atoms with Gasteiger partial charge in [0.1, 0.15) is 6.29 Å². The van der Waals surface area contributed by atoms with Crippen LogP contribution in [0, 0.1) is 11.3 Å². The molecule has 0 amide bonds. The molecule has 0 radical (unpaired) electrons. The fraction of sp³-hybridized carbons (Fsp3) is 0.923. The van der Waals surface area contributed by atoms with Crippen molar-refractivity contribution in [3.63, 3.8) is 0 Å². The number of fused-ring (bicyclic) bond motifs is 1. The van der Waals surface area contributed by atoms with Crippen molar-refractivity contribution in [2.24, 2.45) is 11.3 Å². The van der Waals surface area contributed by atoms with Crippen LogP contribution in [0.15, 0.2) is 0 Å². The summed E-state index contributed by atoms with van der Waals surface area (Å²) in [6.07, 6.45) is 5.09. The summed E-state index contributed by atoms with van der Waals surface area (Å²) in [5.74, 6) is 0.803. The molecular weight excluding hydrogens is 186 g/mol. The van der Waals surface area contributed by atoms with Gasteiger partial charge in [0.25, 0.3) is 0 Å². The number of rotatable bonds is 2. The molecular formula is C13H23NO. The Labute approximate surface area is 93.0 Å². The molecule has 2 heteroatoms. The maximum absolute atomic E-state index is 11.2. The van der Waals surface area contributed by atoms with Gasteiger partial charge >= 0.3 is 0 Å². The molecule has 1 heterocycles. The Morgan fingerprint density at radius 2 is 2.00 bits per heavy atom. The average molecular weight is 209 g/mol. The van der Waals surface area contributed by atoms with Crippen LogP contribution >= 0.6 is 0 Å². The van der Waals surface area contributed by atoms with Crippen LogP contribution in [0.4, 0.5) is 0 Å². The lowest BCUT2D eigenvalue weighted by Crippen LogP contribution is -2.48. The molecule has 0 bridgehead atoms. The molecule has 2 nitrogen and oxygen atoms in total. The Kier molecular flexibility index (Phi) is 2.45. The van der Waals surface area contributed by atoms with Crippen LogP contribution in [0.5, 0.6) is 0 Å². The number of carbonyl (C=O) groups is 1. The lowest BCUT2D eigenvalue weighted by molar-refractivity contribution is -0.117. The quantitative estimate of drug-likeness (QED) is 0.651. The van der Waals surface area contributed by atoms with Crippen LogP contribution in [0.2, 0.25) is 0 Å². The van der Waals surface area contributed by atoms with E-state index < -0.39 is 0 Å². The van der Waals surface area contributed by atoms with Crippen molar-refractivity contribution in [2.45, 2.75) is 58.5 Å². The van der Waals surface area contributed by atoms with E-state index >= 15 is 0 Å². The summed E-state index contributed by atoms with van der Waals surface area (Å²) in [5, 5.41) is 0. The van der Waals surface area contributed by atoms with E-state index in [0.717, 1.165) is 18.7 Å². The van der Waals surface area contributed by atoms with E-state index in [4.69, 9.17) is 0 Å². The van der Waals surface area contributed by atoms with Crippen LogP contribution in [0.1, 0.15) is 47.0 Å². The summed E-state index contributed by atoms with van der Waals surface area (Å²) in [6.45, 7) is 9.90. The van der Waals surface area contributed by atoms with E-state index in [1.165, 1.54) is 19.3 Å². The van der Waals surface area contributed by atoms with E-state index in [1.807, 2.05) is 0 Å². The zero-order valence-corrected chi connectivity index (χ0v) is 10.4. The van der Waals surface area contributed by atoms with Crippen molar-refractivity contribution < 1.29 is 4.79 Å². The number of carbonyl (C=O) groups excluding carboxylic acids is 1. The van der Waals surface area contributed by atoms with Gasteiger partial charge in [-0.1, -0.05) is 20.3 Å². The number of hydrogen-bond donors (Lipinski definition) is 0. The van der Waals surface area contributed by atoms with Crippen LogP contribution in [-0.2, 0) is 4.79 Å². The zero-order chi connectivity index (χ0) is 11.3. The molecule has 2 aliphatic rings. The highest BCUT2D eigenvalue weighted by atomic mass is 16.1. The van der Waals surface area contributed by atoms with E-state index in [0.29, 0.717) is 11.5 Å². The zero-order valence-electron chi connectivity index (χ0n) is 10.4. The second-order valence-electron chi connectivity index (χ2n) is 6.49. The third-order valence-electron chi connectivity index (χ3n) is 4.49. The third kappa shape index (κ3) is 1.63. The highest BCUT2D eigenvalue weighted by molar-refractivity contribution is 5.63. The standard InChI is InChI=1S/C13H23NO/c1-12(2)8-14(13(3,4)9-15)11-7-5-6-10(11)12/h9-11H,5-8H2,1-4H3. The monoisotopic (exact) mass is 209 g/mol. The van der Waals surface area contributed by atoms with Crippen molar-refractivity contribution in [3.05, 3.63) is 0 Å². The van der Waals surface area contributed by atoms with Gasteiger partial charge in [0, 0.05) is 12.6 Å². The van der Waals surface area contributed by atoms with Crippen molar-refractivity contribution in [1.29, 1.82) is 0 Å². The highest BCUT2D eigenvalue weighted by Crippen LogP contribution is 2.50. The summed E-state index contributed by atoms with van der Waals surface area (Å²) < 4.78 is 0. The molecule has 2 atom stereocenters. The van der Waals surface area contributed by atoms with Crippen LogP contribution < -0.4 is 0 Å². The third-order valence-corrected chi connectivity index (χ3v) is 4.49. The molecule has 0 spiro atoms. The molecule has 0 aromatic carbocycles. The van der Waals surface area contributed by atoms with Crippen molar-refractivity contribution >= 4 is 6.29 Å². The number of nitrogens with zero attached hydrogens (tertiary/aromatic N) is 1. The second-order valence-corrected chi connectivity index (χ2v) is 6.49. The minimum Gasteiger partial charge on any atom is -0.301 e. The van der Waals surface area contributed by atoms with Gasteiger partial charge in [0.2, 0.25) is 0 Å². The molecule has 86 valence electrons. The largest absolute Gasteiger partial charge is 0.301 e. The molecule has 1 saturated heterocycles. The Morgan fingerprint density at radius 1 is 1.33 bits per heavy atom. The first-order chi connectivity index (χ1) is 6.88. The minimum absolute atomic E-state index is 0.277. The van der Waals surface area contributed by atoms with Gasteiger partial charge in [0.15, 0.2) is 0 Å². The molecule has 2 rings (SSSR count). The molecule has 2 unspecified atom stereocenters. The van der Waals surface area contributed by atoms with E-state index in [2.05, 4.69) is 32.6 Å². The van der Waals surface area contributed by atoms with Gasteiger partial charge in [-0.25, -0.2) is 0 Å². The predicted molar refractivity (Wildman–Crippen MR) is 61.8 cm³/mol. The lowest BCUT2D eigenvalue weighted by Gasteiger charge is -2.35. The number of hydrogen-bond acceptors (Lipinski definition) is 2. The molecule has 2 fully saturated rings. The number of aldehydes is 1. The van der Waals surface area contributed by atoms with Gasteiger partial charge in [-0.3, -0.25) is 4.90 Å². The highest BCUT2D eigenvalue weighted by Gasteiger charge is 2.52. The van der Waals surface area contributed by atoms with Gasteiger partial charge in [-0.05, 0) is 38.0 Å². The molecule has 1 aliphatic heterocycles. The van der Waals surface area contributed by atoms with Crippen molar-refractivity contribution in [1.82, 2.24) is 4.90 Å². The van der Waals surface area contributed by atoms with Crippen LogP contribution in [0.3, 0.4) is 0 Å². The predicted octanol–water partition coefficient (Wildman–Crippen LogP) is 2.47. The van der Waals surface area contributed by atoms with E-state index in [9.17, 15) is 4.79 Å². The Bertz CT molecular complexity index is 270. The maximum atomic E-state index is 11.2. The fourth-order valence-electron chi connectivity index (χ4n) is 3.60. The van der Waals surface area contributed by atoms with Gasteiger partial charge in [-0.15, -0.1) is 0 Å². The Balaban J connectivity index is 2.26. The topological polar surface area (TPSA) is 20.3 Å². The average Bonchev–Trinajstić information content (AvgIpc) is 2.69. The smallest absolute Gasteiger partial charge is 0.139 e. The molecule has 1 saturated carbocycles. The fourth-order valence-corrected chi connectivity index (χ4v) is 3.60. The minimum atomic E-state index is -0.277. The van der Waals surface area contributed by atoms with Crippen molar-refractivity contribution in [3.8, 4) is 0 Å². The summed E-state index contributed by atoms with van der Waals surface area (Å²) in [6, 6.07) is 0.653. The molecule has 1 aliphatic carbocycles. The molecule has 0 aromatic heterocycles. The van der Waals surface area contributed by atoms with Gasteiger partial charge < -0.3 is 4.79 Å².